The molecule has 20 heavy (non-hydrogen) atoms. The van der Waals surface area contributed by atoms with Crippen LogP contribution < -0.4 is 4.90 Å². The van der Waals surface area contributed by atoms with Crippen molar-refractivity contribution in [2.24, 2.45) is 0 Å². The summed E-state index contributed by atoms with van der Waals surface area (Å²) in [6.45, 7) is 11.4. The van der Waals surface area contributed by atoms with Gasteiger partial charge in [-0.05, 0) is 13.8 Å². The molecular weight excluding hydrogens is 276 g/mol. The number of ether oxygens (including phenoxy) is 1. The van der Waals surface area contributed by atoms with E-state index in [2.05, 4.69) is 9.88 Å². The summed E-state index contributed by atoms with van der Waals surface area (Å²) in [6, 6.07) is 0.158. The van der Waals surface area contributed by atoms with Crippen molar-refractivity contribution < 1.29 is 14.6 Å². The van der Waals surface area contributed by atoms with E-state index in [1.54, 1.807) is 7.11 Å². The van der Waals surface area contributed by atoms with E-state index in [1.807, 2.05) is 34.6 Å². The van der Waals surface area contributed by atoms with Crippen molar-refractivity contribution >= 4 is 22.4 Å². The zero-order valence-corrected chi connectivity index (χ0v) is 13.9. The van der Waals surface area contributed by atoms with Gasteiger partial charge in [0.05, 0.1) is 18.3 Å². The van der Waals surface area contributed by atoms with Crippen LogP contribution in [0.25, 0.3) is 0 Å². The van der Waals surface area contributed by atoms with Gasteiger partial charge in [-0.25, -0.2) is 9.78 Å². The molecule has 0 bridgehead atoms. The Hall–Kier alpha value is -1.14. The van der Waals surface area contributed by atoms with Crippen LogP contribution in [0.4, 0.5) is 5.13 Å². The smallest absolute Gasteiger partial charge is 0.347 e. The molecule has 0 saturated heterocycles. The number of likely N-dealkylation sites (N-methyl/N-ethyl adjacent to an activating group) is 1. The number of thiazole rings is 1. The second-order valence-corrected chi connectivity index (χ2v) is 6.80. The molecule has 1 N–H and O–H groups in total. The molecule has 5 nitrogen and oxygen atoms in total. The van der Waals surface area contributed by atoms with E-state index in [0.717, 1.165) is 11.7 Å². The fourth-order valence-corrected chi connectivity index (χ4v) is 3.33. The van der Waals surface area contributed by atoms with E-state index in [9.17, 15) is 9.90 Å². The van der Waals surface area contributed by atoms with Crippen LogP contribution in [0.5, 0.6) is 0 Å². The largest absolute Gasteiger partial charge is 0.477 e. The first-order valence-electron chi connectivity index (χ1n) is 6.72. The van der Waals surface area contributed by atoms with Crippen LogP contribution in [-0.2, 0) is 10.2 Å². The Balaban J connectivity index is 3.22. The summed E-state index contributed by atoms with van der Waals surface area (Å²) >= 11 is 1.24. The number of methoxy groups -OCH3 is 1. The zero-order chi connectivity index (χ0) is 15.5. The second kappa shape index (κ2) is 6.54. The van der Waals surface area contributed by atoms with E-state index in [-0.39, 0.29) is 11.5 Å². The summed E-state index contributed by atoms with van der Waals surface area (Å²) in [5.41, 5.74) is 0.361. The Morgan fingerprint density at radius 3 is 2.45 bits per heavy atom. The van der Waals surface area contributed by atoms with Crippen LogP contribution in [-0.4, -0.2) is 42.4 Å². The topological polar surface area (TPSA) is 62.7 Å². The molecule has 0 amide bonds. The minimum absolute atomic E-state index is 0.158. The van der Waals surface area contributed by atoms with Crippen molar-refractivity contribution in [3.63, 3.8) is 0 Å². The van der Waals surface area contributed by atoms with Gasteiger partial charge in [-0.15, -0.1) is 0 Å². The molecule has 1 atom stereocenters. The van der Waals surface area contributed by atoms with Gasteiger partial charge < -0.3 is 14.7 Å². The molecule has 0 radical (unpaired) electrons. The lowest BCUT2D eigenvalue weighted by atomic mass is 9.91. The molecule has 1 unspecified atom stereocenters. The fourth-order valence-electron chi connectivity index (χ4n) is 2.05. The quantitative estimate of drug-likeness (QED) is 0.875. The molecule has 114 valence electrons. The highest BCUT2D eigenvalue weighted by atomic mass is 32.1. The van der Waals surface area contributed by atoms with Crippen LogP contribution in [0.1, 0.15) is 50.0 Å². The van der Waals surface area contributed by atoms with Crippen molar-refractivity contribution in [1.29, 1.82) is 0 Å². The van der Waals surface area contributed by atoms with E-state index in [4.69, 9.17) is 4.74 Å². The predicted octanol–water partition coefficient (Wildman–Crippen LogP) is 3.00. The number of hydrogen-bond donors (Lipinski definition) is 1. The SMILES string of the molecule is CCN(c1nc(C(C)(C)C)c(C(=O)O)s1)C(C)COC. The predicted molar refractivity (Wildman–Crippen MR) is 82.1 cm³/mol. The van der Waals surface area contributed by atoms with Crippen molar-refractivity contribution in [2.45, 2.75) is 46.1 Å². The molecule has 0 aliphatic heterocycles. The molecule has 0 spiro atoms. The first-order valence-corrected chi connectivity index (χ1v) is 7.54. The number of anilines is 1. The van der Waals surface area contributed by atoms with Gasteiger partial charge >= 0.3 is 5.97 Å². The maximum Gasteiger partial charge on any atom is 0.347 e. The number of aromatic nitrogens is 1. The molecule has 1 aromatic heterocycles. The molecule has 1 heterocycles. The first kappa shape index (κ1) is 16.9. The maximum absolute atomic E-state index is 11.4. The summed E-state index contributed by atoms with van der Waals surface area (Å²) in [5.74, 6) is -0.908. The van der Waals surface area contributed by atoms with Gasteiger partial charge in [-0.3, -0.25) is 0 Å². The van der Waals surface area contributed by atoms with Gasteiger partial charge in [0.25, 0.3) is 0 Å². The van der Waals surface area contributed by atoms with Gasteiger partial charge in [0.2, 0.25) is 0 Å². The lowest BCUT2D eigenvalue weighted by Crippen LogP contribution is -2.36. The van der Waals surface area contributed by atoms with Crippen molar-refractivity contribution in [1.82, 2.24) is 4.98 Å². The molecule has 0 saturated carbocycles. The number of carboxylic acids is 1. The summed E-state index contributed by atoms with van der Waals surface area (Å²) < 4.78 is 5.18. The molecule has 1 rings (SSSR count). The molecular formula is C14H24N2O3S. The van der Waals surface area contributed by atoms with Gasteiger partial charge in [0.1, 0.15) is 4.88 Å². The summed E-state index contributed by atoms with van der Waals surface area (Å²) in [7, 11) is 1.66. The van der Waals surface area contributed by atoms with E-state index < -0.39 is 5.97 Å². The lowest BCUT2D eigenvalue weighted by molar-refractivity contribution is 0.0699. The Morgan fingerprint density at radius 2 is 2.10 bits per heavy atom. The van der Waals surface area contributed by atoms with E-state index >= 15 is 0 Å². The Labute approximate surface area is 124 Å². The number of carboxylic acid groups (broad SMARTS) is 1. The summed E-state index contributed by atoms with van der Waals surface area (Å²) in [6.07, 6.45) is 0. The first-order chi connectivity index (χ1) is 9.22. The average Bonchev–Trinajstić information content (AvgIpc) is 2.75. The van der Waals surface area contributed by atoms with Gasteiger partial charge in [-0.2, -0.15) is 0 Å². The highest BCUT2D eigenvalue weighted by Crippen LogP contribution is 2.34. The van der Waals surface area contributed by atoms with Crippen LogP contribution in [0.2, 0.25) is 0 Å². The van der Waals surface area contributed by atoms with Crippen LogP contribution in [0.15, 0.2) is 0 Å². The number of carbonyl (C=O) groups is 1. The van der Waals surface area contributed by atoms with Crippen molar-refractivity contribution in [3.05, 3.63) is 10.6 Å². The Kier molecular flexibility index (Phi) is 5.53. The number of aromatic carboxylic acids is 1. The Morgan fingerprint density at radius 1 is 1.50 bits per heavy atom. The third-order valence-electron chi connectivity index (χ3n) is 3.05. The summed E-state index contributed by atoms with van der Waals surface area (Å²) in [4.78, 5) is 18.4. The molecule has 0 aliphatic carbocycles. The minimum atomic E-state index is -0.908. The molecule has 0 aliphatic rings. The normalized spacial score (nSPS) is 13.3. The highest BCUT2D eigenvalue weighted by molar-refractivity contribution is 7.17. The Bertz CT molecular complexity index is 465. The summed E-state index contributed by atoms with van der Waals surface area (Å²) in [5, 5.41) is 10.1. The minimum Gasteiger partial charge on any atom is -0.477 e. The third-order valence-corrected chi connectivity index (χ3v) is 4.13. The van der Waals surface area contributed by atoms with E-state index in [1.165, 1.54) is 11.3 Å². The van der Waals surface area contributed by atoms with Crippen molar-refractivity contribution in [3.8, 4) is 0 Å². The second-order valence-electron chi connectivity index (χ2n) is 5.82. The zero-order valence-electron chi connectivity index (χ0n) is 13.1. The molecule has 0 aromatic carbocycles. The molecule has 1 aromatic rings. The van der Waals surface area contributed by atoms with Crippen LogP contribution in [0, 0.1) is 0 Å². The maximum atomic E-state index is 11.4. The molecule has 0 fully saturated rings. The number of rotatable bonds is 6. The number of hydrogen-bond acceptors (Lipinski definition) is 5. The monoisotopic (exact) mass is 300 g/mol. The van der Waals surface area contributed by atoms with Gasteiger partial charge in [0, 0.05) is 19.1 Å². The van der Waals surface area contributed by atoms with Gasteiger partial charge in [-0.1, -0.05) is 32.1 Å². The van der Waals surface area contributed by atoms with Gasteiger partial charge in [0.15, 0.2) is 5.13 Å². The fraction of sp³-hybridized carbons (Fsp3) is 0.714. The standard InChI is InChI=1S/C14H24N2O3S/c1-7-16(9(2)8-19-6)13-15-11(14(3,4)5)10(20-13)12(17)18/h9H,7-8H2,1-6H3,(H,17,18). The van der Waals surface area contributed by atoms with Crippen molar-refractivity contribution in [2.75, 3.05) is 25.2 Å². The van der Waals surface area contributed by atoms with E-state index in [0.29, 0.717) is 17.2 Å². The number of nitrogens with zero attached hydrogens (tertiary/aromatic N) is 2. The average molecular weight is 300 g/mol. The van der Waals surface area contributed by atoms with Crippen LogP contribution in [0.3, 0.4) is 0 Å². The molecule has 6 heteroatoms. The highest BCUT2D eigenvalue weighted by Gasteiger charge is 2.29. The third kappa shape index (κ3) is 3.70. The van der Waals surface area contributed by atoms with Crippen LogP contribution >= 0.6 is 11.3 Å². The lowest BCUT2D eigenvalue weighted by Gasteiger charge is -2.27.